The first-order valence-electron chi connectivity index (χ1n) is 14.0. The van der Waals surface area contributed by atoms with Crippen LogP contribution in [0.15, 0.2) is 77.7 Å². The zero-order chi connectivity index (χ0) is 30.2. The summed E-state index contributed by atoms with van der Waals surface area (Å²) in [4.78, 5) is 28.6. The molecule has 1 atom stereocenters. The van der Waals surface area contributed by atoms with Crippen LogP contribution < -0.4 is 9.62 Å². The van der Waals surface area contributed by atoms with E-state index in [0.29, 0.717) is 24.2 Å². The molecule has 0 heterocycles. The zero-order valence-electron chi connectivity index (χ0n) is 24.4. The predicted octanol–water partition coefficient (Wildman–Crippen LogP) is 5.79. The standard InChI is InChI=1S/C32H40FN3O4S/c1-6-20-34-32(38)30(7-2)35(21-25-10-14-27(33)15-11-25)31(37)22-36(28-16-12-26(13-17-28)23(3)4)41(39,40)29-18-8-24(5)9-19-29/h8-19,23,30H,6-7,20-22H2,1-5H3,(H,34,38). The number of aryl methyl sites for hydroxylation is 1. The van der Waals surface area contributed by atoms with Gasteiger partial charge in [0.05, 0.1) is 10.6 Å². The molecule has 7 nitrogen and oxygen atoms in total. The first kappa shape index (κ1) is 31.8. The molecule has 0 bridgehead atoms. The van der Waals surface area contributed by atoms with Gasteiger partial charge >= 0.3 is 0 Å². The quantitative estimate of drug-likeness (QED) is 0.277. The molecule has 1 unspecified atom stereocenters. The molecule has 41 heavy (non-hydrogen) atoms. The fraction of sp³-hybridized carbons (Fsp3) is 0.375. The minimum atomic E-state index is -4.14. The predicted molar refractivity (Wildman–Crippen MR) is 161 cm³/mol. The maximum atomic E-state index is 14.0. The Kier molecular flexibility index (Phi) is 11.1. The molecule has 0 aliphatic heterocycles. The average Bonchev–Trinajstić information content (AvgIpc) is 2.95. The van der Waals surface area contributed by atoms with Gasteiger partial charge in [-0.2, -0.15) is 0 Å². The van der Waals surface area contributed by atoms with Gasteiger partial charge in [0.15, 0.2) is 0 Å². The Labute approximate surface area is 243 Å². The lowest BCUT2D eigenvalue weighted by Crippen LogP contribution is -2.52. The Morgan fingerprint density at radius 3 is 2.05 bits per heavy atom. The smallest absolute Gasteiger partial charge is 0.264 e. The highest BCUT2D eigenvalue weighted by Gasteiger charge is 2.33. The van der Waals surface area contributed by atoms with E-state index in [2.05, 4.69) is 5.32 Å². The molecule has 0 aliphatic carbocycles. The lowest BCUT2D eigenvalue weighted by molar-refractivity contribution is -0.140. The summed E-state index contributed by atoms with van der Waals surface area (Å²) < 4.78 is 42.6. The summed E-state index contributed by atoms with van der Waals surface area (Å²) in [5.74, 6) is -1.04. The van der Waals surface area contributed by atoms with Crippen LogP contribution in [0, 0.1) is 12.7 Å². The summed E-state index contributed by atoms with van der Waals surface area (Å²) in [5.41, 5.74) is 2.90. The minimum absolute atomic E-state index is 0.0157. The van der Waals surface area contributed by atoms with Gasteiger partial charge < -0.3 is 10.2 Å². The van der Waals surface area contributed by atoms with Gasteiger partial charge in [-0.3, -0.25) is 13.9 Å². The summed E-state index contributed by atoms with van der Waals surface area (Å²) in [7, 11) is -4.14. The van der Waals surface area contributed by atoms with Crippen molar-refractivity contribution >= 4 is 27.5 Å². The normalized spacial score (nSPS) is 12.2. The molecule has 0 saturated carbocycles. The highest BCUT2D eigenvalue weighted by molar-refractivity contribution is 7.92. The molecule has 0 saturated heterocycles. The zero-order valence-corrected chi connectivity index (χ0v) is 25.2. The van der Waals surface area contributed by atoms with Crippen molar-refractivity contribution < 1.29 is 22.4 Å². The number of hydrogen-bond donors (Lipinski definition) is 1. The van der Waals surface area contributed by atoms with E-state index >= 15 is 0 Å². The van der Waals surface area contributed by atoms with E-state index in [0.717, 1.165) is 21.9 Å². The Morgan fingerprint density at radius 1 is 0.902 bits per heavy atom. The van der Waals surface area contributed by atoms with E-state index in [-0.39, 0.29) is 23.3 Å². The van der Waals surface area contributed by atoms with Gasteiger partial charge in [-0.1, -0.05) is 69.7 Å². The Bertz CT molecular complexity index is 1410. The second-order valence-corrected chi connectivity index (χ2v) is 12.3. The van der Waals surface area contributed by atoms with Crippen LogP contribution in [-0.2, 0) is 26.2 Å². The lowest BCUT2D eigenvalue weighted by Gasteiger charge is -2.33. The van der Waals surface area contributed by atoms with E-state index < -0.39 is 34.3 Å². The first-order chi connectivity index (χ1) is 19.5. The number of anilines is 1. The van der Waals surface area contributed by atoms with Crippen LogP contribution in [0.4, 0.5) is 10.1 Å². The molecule has 0 fully saturated rings. The minimum Gasteiger partial charge on any atom is -0.354 e. The molecular formula is C32H40FN3O4S. The van der Waals surface area contributed by atoms with E-state index in [4.69, 9.17) is 0 Å². The third-order valence-electron chi connectivity index (χ3n) is 6.94. The van der Waals surface area contributed by atoms with Crippen molar-refractivity contribution in [1.29, 1.82) is 0 Å². The number of hydrogen-bond acceptors (Lipinski definition) is 4. The van der Waals surface area contributed by atoms with E-state index in [9.17, 15) is 22.4 Å². The number of carbonyl (C=O) groups is 2. The van der Waals surface area contributed by atoms with Crippen LogP contribution in [0.5, 0.6) is 0 Å². The van der Waals surface area contributed by atoms with Crippen LogP contribution in [0.25, 0.3) is 0 Å². The van der Waals surface area contributed by atoms with Gasteiger partial charge in [-0.15, -0.1) is 0 Å². The molecule has 3 aromatic rings. The van der Waals surface area contributed by atoms with Crippen LogP contribution >= 0.6 is 0 Å². The number of halogens is 1. The Morgan fingerprint density at radius 2 is 1.51 bits per heavy atom. The Hall–Kier alpha value is -3.72. The van der Waals surface area contributed by atoms with Crippen molar-refractivity contribution in [3.8, 4) is 0 Å². The highest BCUT2D eigenvalue weighted by Crippen LogP contribution is 2.27. The lowest BCUT2D eigenvalue weighted by atomic mass is 10.0. The number of carbonyl (C=O) groups excluding carboxylic acids is 2. The van der Waals surface area contributed by atoms with Crippen molar-refractivity contribution in [2.24, 2.45) is 0 Å². The van der Waals surface area contributed by atoms with Crippen molar-refractivity contribution in [1.82, 2.24) is 10.2 Å². The van der Waals surface area contributed by atoms with Gasteiger partial charge in [0.25, 0.3) is 10.0 Å². The molecule has 220 valence electrons. The number of amides is 2. The SMILES string of the molecule is CCCNC(=O)C(CC)N(Cc1ccc(F)cc1)C(=O)CN(c1ccc(C(C)C)cc1)S(=O)(=O)c1ccc(C)cc1. The molecule has 1 N–H and O–H groups in total. The molecule has 0 radical (unpaired) electrons. The number of nitrogens with one attached hydrogen (secondary N) is 1. The van der Waals surface area contributed by atoms with Crippen molar-refractivity contribution in [2.45, 2.75) is 70.9 Å². The average molecular weight is 582 g/mol. The third kappa shape index (κ3) is 8.16. The fourth-order valence-electron chi connectivity index (χ4n) is 4.46. The topological polar surface area (TPSA) is 86.8 Å². The highest BCUT2D eigenvalue weighted by atomic mass is 32.2. The molecule has 0 aliphatic rings. The summed E-state index contributed by atoms with van der Waals surface area (Å²) in [6.45, 7) is 9.63. The maximum absolute atomic E-state index is 14.0. The molecule has 3 aromatic carbocycles. The van der Waals surface area contributed by atoms with Crippen LogP contribution in [0.1, 0.15) is 63.1 Å². The van der Waals surface area contributed by atoms with Gasteiger partial charge in [0.1, 0.15) is 18.4 Å². The number of sulfonamides is 1. The number of nitrogens with zero attached hydrogens (tertiary/aromatic N) is 2. The van der Waals surface area contributed by atoms with E-state index in [1.807, 2.05) is 39.8 Å². The first-order valence-corrected chi connectivity index (χ1v) is 15.4. The molecule has 0 aromatic heterocycles. The van der Waals surface area contributed by atoms with Gasteiger partial charge in [-0.05, 0) is 73.2 Å². The van der Waals surface area contributed by atoms with Gasteiger partial charge in [0, 0.05) is 13.1 Å². The Balaban J connectivity index is 2.06. The molecular weight excluding hydrogens is 541 g/mol. The van der Waals surface area contributed by atoms with Crippen LogP contribution in [0.2, 0.25) is 0 Å². The number of benzene rings is 3. The van der Waals surface area contributed by atoms with Crippen molar-refractivity contribution in [2.75, 3.05) is 17.4 Å². The molecule has 9 heteroatoms. The van der Waals surface area contributed by atoms with Gasteiger partial charge in [-0.25, -0.2) is 12.8 Å². The van der Waals surface area contributed by atoms with Crippen molar-refractivity contribution in [3.05, 3.63) is 95.3 Å². The summed E-state index contributed by atoms with van der Waals surface area (Å²) in [5, 5.41) is 2.85. The van der Waals surface area contributed by atoms with Crippen LogP contribution in [0.3, 0.4) is 0 Å². The third-order valence-corrected chi connectivity index (χ3v) is 8.72. The molecule has 2 amide bonds. The number of rotatable bonds is 13. The van der Waals surface area contributed by atoms with Gasteiger partial charge in [0.2, 0.25) is 11.8 Å². The van der Waals surface area contributed by atoms with Crippen LogP contribution in [-0.4, -0.2) is 44.3 Å². The molecule has 0 spiro atoms. The fourth-order valence-corrected chi connectivity index (χ4v) is 5.88. The summed E-state index contributed by atoms with van der Waals surface area (Å²) >= 11 is 0. The summed E-state index contributed by atoms with van der Waals surface area (Å²) in [6.07, 6.45) is 1.04. The van der Waals surface area contributed by atoms with Crippen molar-refractivity contribution in [3.63, 3.8) is 0 Å². The second kappa shape index (κ2) is 14.3. The second-order valence-electron chi connectivity index (χ2n) is 10.4. The van der Waals surface area contributed by atoms with E-state index in [1.165, 1.54) is 29.2 Å². The monoisotopic (exact) mass is 581 g/mol. The molecule has 3 rings (SSSR count). The largest absolute Gasteiger partial charge is 0.354 e. The maximum Gasteiger partial charge on any atom is 0.264 e. The van der Waals surface area contributed by atoms with E-state index in [1.54, 1.807) is 43.3 Å². The summed E-state index contributed by atoms with van der Waals surface area (Å²) in [6, 6.07) is 18.4.